The minimum Gasteiger partial charge on any atom is -0.508 e. The summed E-state index contributed by atoms with van der Waals surface area (Å²) < 4.78 is 37.5. The summed E-state index contributed by atoms with van der Waals surface area (Å²) in [5, 5.41) is 20.7. The molecule has 0 spiro atoms. The molecule has 2 aromatic carbocycles. The van der Waals surface area contributed by atoms with E-state index in [4.69, 9.17) is 14.8 Å². The third kappa shape index (κ3) is 4.21. The van der Waals surface area contributed by atoms with Crippen LogP contribution in [0.2, 0.25) is 0 Å². The molecule has 10 heteroatoms. The Morgan fingerprint density at radius 2 is 1.98 bits per heavy atom. The molecule has 4 aliphatic rings. The lowest BCUT2D eigenvalue weighted by Gasteiger charge is -2.34. The Hall–Kier alpha value is -3.50. The molecule has 220 valence electrons. The quantitative estimate of drug-likeness (QED) is 0.341. The number of nitrogens with zero attached hydrogens (tertiary/aromatic N) is 5. The van der Waals surface area contributed by atoms with Gasteiger partial charge in [-0.25, -0.2) is 13.3 Å². The Morgan fingerprint density at radius 3 is 2.79 bits per heavy atom. The van der Waals surface area contributed by atoms with Gasteiger partial charge < -0.3 is 20.1 Å². The lowest BCUT2D eigenvalue weighted by Crippen LogP contribution is -2.51. The molecule has 2 aromatic heterocycles. The standard InChI is InChI=1S/C32H36F2N6O2/c1-2-25-27(34)7-4-19-10-24(41)12-26(29(19)25)20-11-28-30(38-16-22-5-6-23(17-38)35-22)36-31(37-40(28)14-20)42-18-32-8-3-9-39(32)15-21(33)13-32/h4,7,10-12,14,21-23,35,41H,2-3,5-6,8-9,13,15-18H2,1H3/t21-,22?,23?,32+/m1/s1. The van der Waals surface area contributed by atoms with Crippen LogP contribution in [0.3, 0.4) is 0 Å². The van der Waals surface area contributed by atoms with Crippen molar-refractivity contribution in [1.29, 1.82) is 0 Å². The summed E-state index contributed by atoms with van der Waals surface area (Å²) in [6, 6.07) is 9.69. The molecule has 4 atom stereocenters. The number of ether oxygens (including phenoxy) is 1. The number of nitrogens with one attached hydrogen (secondary N) is 1. The van der Waals surface area contributed by atoms with Gasteiger partial charge in [-0.1, -0.05) is 13.0 Å². The fourth-order valence-electron chi connectivity index (χ4n) is 8.10. The third-order valence-electron chi connectivity index (χ3n) is 9.99. The van der Waals surface area contributed by atoms with Crippen molar-refractivity contribution in [1.82, 2.24) is 24.8 Å². The van der Waals surface area contributed by atoms with Gasteiger partial charge in [0.05, 0.1) is 5.54 Å². The number of hydrogen-bond acceptors (Lipinski definition) is 7. The number of anilines is 1. The molecule has 4 fully saturated rings. The average Bonchev–Trinajstić information content (AvgIpc) is 3.73. The zero-order valence-corrected chi connectivity index (χ0v) is 23.8. The number of piperazine rings is 1. The van der Waals surface area contributed by atoms with Crippen molar-refractivity contribution >= 4 is 22.1 Å². The van der Waals surface area contributed by atoms with E-state index >= 15 is 0 Å². The zero-order valence-electron chi connectivity index (χ0n) is 23.8. The molecule has 0 aliphatic carbocycles. The molecule has 2 N–H and O–H groups in total. The van der Waals surface area contributed by atoms with Gasteiger partial charge in [0.25, 0.3) is 0 Å². The molecule has 4 aromatic rings. The topological polar surface area (TPSA) is 78.2 Å². The fourth-order valence-corrected chi connectivity index (χ4v) is 8.10. The predicted octanol–water partition coefficient (Wildman–Crippen LogP) is 4.85. The van der Waals surface area contributed by atoms with E-state index in [9.17, 15) is 13.9 Å². The number of aryl methyl sites for hydroxylation is 1. The van der Waals surface area contributed by atoms with Gasteiger partial charge in [-0.15, -0.1) is 5.10 Å². The van der Waals surface area contributed by atoms with Crippen molar-refractivity contribution < 1.29 is 18.6 Å². The number of rotatable bonds is 6. The van der Waals surface area contributed by atoms with Crippen LogP contribution in [0.5, 0.6) is 11.8 Å². The number of alkyl halides is 1. The van der Waals surface area contributed by atoms with Crippen LogP contribution in [0, 0.1) is 5.82 Å². The molecule has 0 radical (unpaired) electrons. The summed E-state index contributed by atoms with van der Waals surface area (Å²) in [4.78, 5) is 9.52. The summed E-state index contributed by atoms with van der Waals surface area (Å²) in [6.07, 6.45) is 6.34. The molecule has 4 saturated heterocycles. The first-order valence-electron chi connectivity index (χ1n) is 15.3. The van der Waals surface area contributed by atoms with Crippen molar-refractivity contribution in [3.8, 4) is 22.9 Å². The van der Waals surface area contributed by atoms with E-state index in [0.29, 0.717) is 43.6 Å². The number of halogens is 2. The van der Waals surface area contributed by atoms with Crippen LogP contribution >= 0.6 is 0 Å². The number of benzene rings is 2. The summed E-state index contributed by atoms with van der Waals surface area (Å²) in [5.41, 5.74) is 2.72. The van der Waals surface area contributed by atoms with Crippen LogP contribution in [0.25, 0.3) is 27.4 Å². The van der Waals surface area contributed by atoms with Crippen molar-refractivity contribution in [2.75, 3.05) is 37.7 Å². The highest BCUT2D eigenvalue weighted by Crippen LogP contribution is 2.41. The van der Waals surface area contributed by atoms with Crippen molar-refractivity contribution in [3.05, 3.63) is 47.9 Å². The highest BCUT2D eigenvalue weighted by atomic mass is 19.1. The van der Waals surface area contributed by atoms with E-state index in [2.05, 4.69) is 15.1 Å². The molecule has 6 heterocycles. The molecule has 8 rings (SSSR count). The minimum atomic E-state index is -0.828. The number of phenolic OH excluding ortho intramolecular Hbond substituents is 1. The molecule has 2 bridgehead atoms. The SMILES string of the molecule is CCc1c(F)ccc2cc(O)cc(-c3cc4c(N5CC6CCC(C5)N6)nc(OC[C@@]56CCCN5C[C@H](F)C6)nn4c3)c12. The number of aromatic nitrogens is 3. The maximum Gasteiger partial charge on any atom is 0.336 e. The molecule has 4 aliphatic heterocycles. The highest BCUT2D eigenvalue weighted by molar-refractivity contribution is 6.01. The lowest BCUT2D eigenvalue weighted by atomic mass is 9.94. The Morgan fingerprint density at radius 1 is 1.14 bits per heavy atom. The first-order valence-corrected chi connectivity index (χ1v) is 15.3. The van der Waals surface area contributed by atoms with Crippen molar-refractivity contribution in [2.45, 2.75) is 69.2 Å². The molecule has 0 amide bonds. The Kier molecular flexibility index (Phi) is 6.08. The maximum atomic E-state index is 14.9. The number of phenols is 1. The van der Waals surface area contributed by atoms with E-state index < -0.39 is 6.17 Å². The molecule has 2 unspecified atom stereocenters. The minimum absolute atomic E-state index is 0.124. The molecule has 8 nitrogen and oxygen atoms in total. The van der Waals surface area contributed by atoms with Crippen LogP contribution in [0.1, 0.15) is 44.6 Å². The second-order valence-corrected chi connectivity index (χ2v) is 12.7. The van der Waals surface area contributed by atoms with E-state index in [1.165, 1.54) is 6.07 Å². The van der Waals surface area contributed by atoms with Gasteiger partial charge in [0.15, 0.2) is 5.82 Å². The van der Waals surface area contributed by atoms with E-state index in [-0.39, 0.29) is 23.1 Å². The van der Waals surface area contributed by atoms with Gasteiger partial charge in [-0.2, -0.15) is 4.98 Å². The lowest BCUT2D eigenvalue weighted by molar-refractivity contribution is 0.106. The largest absolute Gasteiger partial charge is 0.508 e. The van der Waals surface area contributed by atoms with E-state index in [1.807, 2.05) is 19.2 Å². The summed E-state index contributed by atoms with van der Waals surface area (Å²) in [5.74, 6) is 0.668. The summed E-state index contributed by atoms with van der Waals surface area (Å²) in [7, 11) is 0. The van der Waals surface area contributed by atoms with E-state index in [0.717, 1.165) is 78.6 Å². The smallest absolute Gasteiger partial charge is 0.336 e. The molecular weight excluding hydrogens is 538 g/mol. The normalized spacial score (nSPS) is 27.4. The van der Waals surface area contributed by atoms with Crippen LogP contribution < -0.4 is 15.0 Å². The van der Waals surface area contributed by atoms with Crippen LogP contribution in [-0.2, 0) is 6.42 Å². The van der Waals surface area contributed by atoms with Gasteiger partial charge >= 0.3 is 6.01 Å². The van der Waals surface area contributed by atoms with Gasteiger partial charge in [0.1, 0.15) is 29.9 Å². The number of fused-ring (bicyclic) bond motifs is 5. The van der Waals surface area contributed by atoms with Gasteiger partial charge in [-0.3, -0.25) is 4.90 Å². The second kappa shape index (κ2) is 9.77. The highest BCUT2D eigenvalue weighted by Gasteiger charge is 2.49. The van der Waals surface area contributed by atoms with Gasteiger partial charge in [-0.05, 0) is 84.8 Å². The second-order valence-electron chi connectivity index (χ2n) is 12.7. The van der Waals surface area contributed by atoms with Crippen molar-refractivity contribution in [2.24, 2.45) is 0 Å². The third-order valence-corrected chi connectivity index (χ3v) is 9.99. The summed E-state index contributed by atoms with van der Waals surface area (Å²) in [6.45, 7) is 5.34. The van der Waals surface area contributed by atoms with Crippen LogP contribution in [-0.4, -0.2) is 81.2 Å². The maximum absolute atomic E-state index is 14.9. The summed E-state index contributed by atoms with van der Waals surface area (Å²) >= 11 is 0. The first-order chi connectivity index (χ1) is 20.4. The van der Waals surface area contributed by atoms with E-state index in [1.54, 1.807) is 22.7 Å². The Balaban J connectivity index is 1.24. The predicted molar refractivity (Wildman–Crippen MR) is 158 cm³/mol. The monoisotopic (exact) mass is 574 g/mol. The van der Waals surface area contributed by atoms with Crippen LogP contribution in [0.15, 0.2) is 36.5 Å². The first kappa shape index (κ1) is 26.2. The van der Waals surface area contributed by atoms with Gasteiger partial charge in [0.2, 0.25) is 0 Å². The Labute approximate surface area is 243 Å². The number of hydrogen-bond donors (Lipinski definition) is 2. The zero-order chi connectivity index (χ0) is 28.6. The Bertz CT molecular complexity index is 1680. The average molecular weight is 575 g/mol. The fraction of sp³-hybridized carbons (Fsp3) is 0.500. The molecule has 42 heavy (non-hydrogen) atoms. The molecule has 0 saturated carbocycles. The van der Waals surface area contributed by atoms with Crippen LogP contribution in [0.4, 0.5) is 14.6 Å². The molecular formula is C32H36F2N6O2. The number of aromatic hydroxyl groups is 1. The van der Waals surface area contributed by atoms with Crippen molar-refractivity contribution in [3.63, 3.8) is 0 Å². The van der Waals surface area contributed by atoms with Gasteiger partial charge in [0, 0.05) is 49.9 Å².